The van der Waals surface area contributed by atoms with Crippen molar-refractivity contribution >= 4 is 22.8 Å². The number of carbonyl (C=O) groups excluding carboxylic acids is 1. The van der Waals surface area contributed by atoms with Gasteiger partial charge in [-0.1, -0.05) is 25.6 Å². The van der Waals surface area contributed by atoms with Crippen LogP contribution in [0, 0.1) is 5.92 Å². The topological polar surface area (TPSA) is 53.5 Å². The lowest BCUT2D eigenvalue weighted by Gasteiger charge is -2.12. The molecule has 0 radical (unpaired) electrons. The van der Waals surface area contributed by atoms with Gasteiger partial charge in [0.25, 0.3) is 0 Å². The summed E-state index contributed by atoms with van der Waals surface area (Å²) in [7, 11) is 0. The average Bonchev–Trinajstić information content (AvgIpc) is 2.63. The lowest BCUT2D eigenvalue weighted by molar-refractivity contribution is -0.119. The molecule has 0 bridgehead atoms. The van der Waals surface area contributed by atoms with Crippen LogP contribution in [0.25, 0.3) is 0 Å². The molecule has 0 aromatic heterocycles. The van der Waals surface area contributed by atoms with Gasteiger partial charge in [0.2, 0.25) is 5.91 Å². The van der Waals surface area contributed by atoms with Crippen LogP contribution in [0.4, 0.5) is 0 Å². The number of nitrogens with zero attached hydrogens (tertiary/aromatic N) is 1. The van der Waals surface area contributed by atoms with Crippen molar-refractivity contribution in [2.45, 2.75) is 26.8 Å². The van der Waals surface area contributed by atoms with E-state index in [-0.39, 0.29) is 12.5 Å². The minimum absolute atomic E-state index is 0.0135. The van der Waals surface area contributed by atoms with Gasteiger partial charge in [0.1, 0.15) is 6.54 Å². The van der Waals surface area contributed by atoms with Crippen LogP contribution in [0.2, 0.25) is 0 Å². The Morgan fingerprint density at radius 2 is 2.47 bits per heavy atom. The zero-order valence-corrected chi connectivity index (χ0v) is 10.4. The molecular weight excluding hydrogens is 210 g/mol. The molecule has 2 N–H and O–H groups in total. The first kappa shape index (κ1) is 12.4. The number of hydrogen-bond donors (Lipinski definition) is 2. The molecule has 1 atom stereocenters. The van der Waals surface area contributed by atoms with Gasteiger partial charge < -0.3 is 10.6 Å². The first-order valence-corrected chi connectivity index (χ1v) is 6.32. The molecule has 0 aliphatic carbocycles. The van der Waals surface area contributed by atoms with Crippen LogP contribution in [0.5, 0.6) is 0 Å². The summed E-state index contributed by atoms with van der Waals surface area (Å²) in [4.78, 5) is 15.4. The maximum absolute atomic E-state index is 11.2. The third-order valence-corrected chi connectivity index (χ3v) is 3.30. The smallest absolute Gasteiger partial charge is 0.241 e. The van der Waals surface area contributed by atoms with E-state index < -0.39 is 0 Å². The maximum atomic E-state index is 11.2. The van der Waals surface area contributed by atoms with E-state index in [9.17, 15) is 4.79 Å². The van der Waals surface area contributed by atoms with E-state index in [1.54, 1.807) is 11.8 Å². The third-order valence-electron chi connectivity index (χ3n) is 2.25. The van der Waals surface area contributed by atoms with Gasteiger partial charge in [-0.25, -0.2) is 0 Å². The fourth-order valence-corrected chi connectivity index (χ4v) is 2.45. The summed E-state index contributed by atoms with van der Waals surface area (Å²) in [5, 5.41) is 6.94. The van der Waals surface area contributed by atoms with E-state index in [2.05, 4.69) is 29.5 Å². The zero-order valence-electron chi connectivity index (χ0n) is 9.54. The second-order valence-corrected chi connectivity index (χ2v) is 4.89. The van der Waals surface area contributed by atoms with E-state index in [0.29, 0.717) is 18.5 Å². The number of thioether (sulfide) groups is 1. The van der Waals surface area contributed by atoms with E-state index in [0.717, 1.165) is 10.9 Å². The standard InChI is InChI=1S/C10H19N3OS/c1-4-11-9(14)5-12-10-13-8(6-15-10)7(2)3/h7-8H,4-6H2,1-3H3,(H,11,14)(H,12,13)/t8-/m1/s1. The number of amides is 1. The molecule has 1 aliphatic rings. The molecule has 1 rings (SSSR count). The fraction of sp³-hybridized carbons (Fsp3) is 0.800. The van der Waals surface area contributed by atoms with E-state index >= 15 is 0 Å². The first-order valence-electron chi connectivity index (χ1n) is 5.34. The summed E-state index contributed by atoms with van der Waals surface area (Å²) in [6.45, 7) is 7.17. The molecule has 0 spiro atoms. The second kappa shape index (κ2) is 6.00. The van der Waals surface area contributed by atoms with Gasteiger partial charge in [-0.05, 0) is 12.8 Å². The Labute approximate surface area is 95.3 Å². The van der Waals surface area contributed by atoms with Crippen LogP contribution < -0.4 is 10.6 Å². The van der Waals surface area contributed by atoms with Crippen molar-refractivity contribution in [1.29, 1.82) is 0 Å². The molecule has 0 aromatic rings. The Hall–Kier alpha value is -0.710. The number of aliphatic imine (C=N–C) groups is 1. The van der Waals surface area contributed by atoms with E-state index in [4.69, 9.17) is 0 Å². The second-order valence-electron chi connectivity index (χ2n) is 3.88. The molecule has 0 unspecified atom stereocenters. The average molecular weight is 229 g/mol. The fourth-order valence-electron chi connectivity index (χ4n) is 1.26. The highest BCUT2D eigenvalue weighted by Crippen LogP contribution is 2.18. The SMILES string of the molecule is CCNC(=O)CN=C1N[C@@H](C(C)C)CS1. The number of amidine groups is 1. The molecule has 15 heavy (non-hydrogen) atoms. The lowest BCUT2D eigenvalue weighted by atomic mass is 10.1. The number of hydrogen-bond acceptors (Lipinski definition) is 3. The highest BCUT2D eigenvalue weighted by atomic mass is 32.2. The molecular formula is C10H19N3OS. The van der Waals surface area contributed by atoms with Crippen LogP contribution in [-0.4, -0.2) is 36.0 Å². The molecule has 0 aromatic carbocycles. The molecule has 1 saturated heterocycles. The molecule has 0 saturated carbocycles. The van der Waals surface area contributed by atoms with Gasteiger partial charge in [0.15, 0.2) is 5.17 Å². The Balaban J connectivity index is 2.33. The summed E-state index contributed by atoms with van der Waals surface area (Å²) in [6.07, 6.45) is 0. The summed E-state index contributed by atoms with van der Waals surface area (Å²) in [6, 6.07) is 0.489. The molecule has 1 amide bonds. The predicted molar refractivity (Wildman–Crippen MR) is 65.2 cm³/mol. The molecule has 1 aliphatic heterocycles. The molecule has 1 fully saturated rings. The van der Waals surface area contributed by atoms with Crippen molar-refractivity contribution in [3.05, 3.63) is 0 Å². The van der Waals surface area contributed by atoms with Crippen molar-refractivity contribution in [2.24, 2.45) is 10.9 Å². The molecule has 5 heteroatoms. The number of likely N-dealkylation sites (N-methyl/N-ethyl adjacent to an activating group) is 1. The molecule has 86 valence electrons. The highest BCUT2D eigenvalue weighted by molar-refractivity contribution is 8.14. The lowest BCUT2D eigenvalue weighted by Crippen LogP contribution is -2.32. The van der Waals surface area contributed by atoms with Gasteiger partial charge in [0.05, 0.1) is 0 Å². The van der Waals surface area contributed by atoms with Crippen molar-refractivity contribution in [2.75, 3.05) is 18.8 Å². The maximum Gasteiger partial charge on any atom is 0.241 e. The Morgan fingerprint density at radius 3 is 3.00 bits per heavy atom. The normalized spacial score (nSPS) is 23.2. The van der Waals surface area contributed by atoms with E-state index in [1.807, 2.05) is 6.92 Å². The van der Waals surface area contributed by atoms with Crippen LogP contribution in [0.15, 0.2) is 4.99 Å². The van der Waals surface area contributed by atoms with Crippen LogP contribution in [0.3, 0.4) is 0 Å². The van der Waals surface area contributed by atoms with Gasteiger partial charge in [-0.3, -0.25) is 9.79 Å². The van der Waals surface area contributed by atoms with Gasteiger partial charge in [-0.2, -0.15) is 0 Å². The van der Waals surface area contributed by atoms with E-state index in [1.165, 1.54) is 0 Å². The summed E-state index contributed by atoms with van der Waals surface area (Å²) in [5.74, 6) is 1.64. The van der Waals surface area contributed by atoms with Crippen LogP contribution >= 0.6 is 11.8 Å². The van der Waals surface area contributed by atoms with Gasteiger partial charge >= 0.3 is 0 Å². The molecule has 4 nitrogen and oxygen atoms in total. The monoisotopic (exact) mass is 229 g/mol. The zero-order chi connectivity index (χ0) is 11.3. The minimum Gasteiger partial charge on any atom is -0.361 e. The Bertz CT molecular complexity index is 253. The largest absolute Gasteiger partial charge is 0.361 e. The Morgan fingerprint density at radius 1 is 1.73 bits per heavy atom. The van der Waals surface area contributed by atoms with Crippen LogP contribution in [0.1, 0.15) is 20.8 Å². The number of nitrogens with one attached hydrogen (secondary N) is 2. The van der Waals surface area contributed by atoms with Gasteiger partial charge in [-0.15, -0.1) is 0 Å². The minimum atomic E-state index is -0.0135. The van der Waals surface area contributed by atoms with Crippen LogP contribution in [-0.2, 0) is 4.79 Å². The highest BCUT2D eigenvalue weighted by Gasteiger charge is 2.22. The third kappa shape index (κ3) is 4.11. The number of rotatable bonds is 4. The summed E-state index contributed by atoms with van der Waals surface area (Å²) in [5.41, 5.74) is 0. The van der Waals surface area contributed by atoms with Crippen molar-refractivity contribution in [3.63, 3.8) is 0 Å². The number of carbonyl (C=O) groups is 1. The quantitative estimate of drug-likeness (QED) is 0.751. The summed E-state index contributed by atoms with van der Waals surface area (Å²) >= 11 is 1.70. The first-order chi connectivity index (χ1) is 7.13. The molecule has 1 heterocycles. The van der Waals surface area contributed by atoms with Crippen molar-refractivity contribution in [3.8, 4) is 0 Å². The summed E-state index contributed by atoms with van der Waals surface area (Å²) < 4.78 is 0. The van der Waals surface area contributed by atoms with Crippen molar-refractivity contribution in [1.82, 2.24) is 10.6 Å². The van der Waals surface area contributed by atoms with Gasteiger partial charge in [0, 0.05) is 18.3 Å². The van der Waals surface area contributed by atoms with Crippen molar-refractivity contribution < 1.29 is 4.79 Å². The predicted octanol–water partition coefficient (Wildman–Crippen LogP) is 0.839. The Kier molecular flexibility index (Phi) is 4.94.